The topological polar surface area (TPSA) is 93.8 Å². The van der Waals surface area contributed by atoms with Crippen molar-refractivity contribution in [3.05, 3.63) is 23.4 Å². The maximum Gasteiger partial charge on any atom is 0.331 e. The van der Waals surface area contributed by atoms with Gasteiger partial charge in [0.1, 0.15) is 5.69 Å². The van der Waals surface area contributed by atoms with E-state index in [0.717, 1.165) is 11.3 Å². The maximum atomic E-state index is 11.3. The van der Waals surface area contributed by atoms with E-state index in [1.807, 2.05) is 26.0 Å². The molecule has 0 aromatic carbocycles. The number of pyridine rings is 1. The van der Waals surface area contributed by atoms with Crippen LogP contribution in [0.4, 0.5) is 0 Å². The Bertz CT molecular complexity index is 613. The van der Waals surface area contributed by atoms with Crippen molar-refractivity contribution < 1.29 is 9.90 Å². The molecule has 0 aliphatic carbocycles. The van der Waals surface area contributed by atoms with E-state index in [2.05, 4.69) is 20.5 Å². The molecule has 2 aromatic heterocycles. The number of rotatable bonds is 3. The fourth-order valence-electron chi connectivity index (χ4n) is 1.77. The molecule has 2 rings (SSSR count). The predicted molar refractivity (Wildman–Crippen MR) is 67.5 cm³/mol. The molecule has 0 amide bonds. The first-order chi connectivity index (χ1) is 8.82. The Morgan fingerprint density at radius 1 is 1.32 bits per heavy atom. The molecule has 1 N–H and O–H groups in total. The van der Waals surface area contributed by atoms with Crippen molar-refractivity contribution in [3.63, 3.8) is 0 Å². The third-order valence-electron chi connectivity index (χ3n) is 2.85. The lowest BCUT2D eigenvalue weighted by Crippen LogP contribution is -2.37. The normalized spacial score (nSPS) is 11.6. The summed E-state index contributed by atoms with van der Waals surface area (Å²) < 4.78 is 1.27. The lowest BCUT2D eigenvalue weighted by atomic mass is 10.1. The Morgan fingerprint density at radius 3 is 2.58 bits per heavy atom. The summed E-state index contributed by atoms with van der Waals surface area (Å²) >= 11 is 0. The van der Waals surface area contributed by atoms with Crippen LogP contribution in [-0.2, 0) is 10.3 Å². The molecule has 0 saturated heterocycles. The lowest BCUT2D eigenvalue weighted by Gasteiger charge is -2.20. The van der Waals surface area contributed by atoms with Crippen molar-refractivity contribution in [3.8, 4) is 11.5 Å². The van der Waals surface area contributed by atoms with E-state index in [4.69, 9.17) is 0 Å². The van der Waals surface area contributed by atoms with Crippen LogP contribution in [0.5, 0.6) is 0 Å². The number of carboxylic acid groups (broad SMARTS) is 1. The largest absolute Gasteiger partial charge is 0.479 e. The Morgan fingerprint density at radius 2 is 2.00 bits per heavy atom. The highest BCUT2D eigenvalue weighted by atomic mass is 16.4. The number of hydrogen-bond donors (Lipinski definition) is 1. The van der Waals surface area contributed by atoms with Crippen molar-refractivity contribution in [2.45, 2.75) is 33.2 Å². The molecule has 0 radical (unpaired) electrons. The monoisotopic (exact) mass is 261 g/mol. The third kappa shape index (κ3) is 2.31. The van der Waals surface area contributed by atoms with E-state index in [9.17, 15) is 9.90 Å². The van der Waals surface area contributed by atoms with Gasteiger partial charge >= 0.3 is 5.97 Å². The summed E-state index contributed by atoms with van der Waals surface area (Å²) in [6.07, 6.45) is 0. The first-order valence-corrected chi connectivity index (χ1v) is 5.80. The second-order valence-electron chi connectivity index (χ2n) is 4.95. The van der Waals surface area contributed by atoms with Gasteiger partial charge in [-0.3, -0.25) is 0 Å². The number of carbonyl (C=O) groups is 1. The summed E-state index contributed by atoms with van der Waals surface area (Å²) in [6.45, 7) is 6.89. The fourth-order valence-corrected chi connectivity index (χ4v) is 1.77. The van der Waals surface area contributed by atoms with Crippen LogP contribution in [0, 0.1) is 13.8 Å². The number of hydrogen-bond acceptors (Lipinski definition) is 5. The molecular weight excluding hydrogens is 246 g/mol. The van der Waals surface area contributed by atoms with Crippen LogP contribution in [0.15, 0.2) is 12.1 Å². The molecule has 0 fully saturated rings. The Labute approximate surface area is 110 Å². The summed E-state index contributed by atoms with van der Waals surface area (Å²) in [6, 6.07) is 3.76. The van der Waals surface area contributed by atoms with Crippen LogP contribution in [-0.4, -0.2) is 36.3 Å². The van der Waals surface area contributed by atoms with Gasteiger partial charge < -0.3 is 5.11 Å². The molecule has 2 heterocycles. The zero-order chi connectivity index (χ0) is 14.2. The molecule has 2 aromatic rings. The minimum absolute atomic E-state index is 0.346. The molecule has 100 valence electrons. The fraction of sp³-hybridized carbons (Fsp3) is 0.417. The van der Waals surface area contributed by atoms with E-state index in [1.165, 1.54) is 18.5 Å². The number of aryl methyl sites for hydroxylation is 2. The Hall–Kier alpha value is -2.31. The molecular formula is C12H15N5O2. The highest BCUT2D eigenvalue weighted by Gasteiger charge is 2.34. The zero-order valence-electron chi connectivity index (χ0n) is 11.2. The van der Waals surface area contributed by atoms with Crippen LogP contribution < -0.4 is 0 Å². The van der Waals surface area contributed by atoms with Crippen molar-refractivity contribution in [2.24, 2.45) is 0 Å². The summed E-state index contributed by atoms with van der Waals surface area (Å²) in [4.78, 5) is 15.7. The molecule has 0 bridgehead atoms. The van der Waals surface area contributed by atoms with Gasteiger partial charge in [-0.2, -0.15) is 0 Å². The minimum Gasteiger partial charge on any atom is -0.479 e. The molecule has 0 spiro atoms. The third-order valence-corrected chi connectivity index (χ3v) is 2.85. The zero-order valence-corrected chi connectivity index (χ0v) is 11.2. The standard InChI is InChI=1S/C12H15N5O2/c1-7-5-8(2)13-9(6-7)10-14-15-16-17(10)12(3,4)11(18)19/h5-6H,1-4H3,(H,18,19). The molecule has 0 atom stereocenters. The number of tetrazole rings is 1. The Balaban J connectivity index is 2.59. The smallest absolute Gasteiger partial charge is 0.331 e. The van der Waals surface area contributed by atoms with Gasteiger partial charge in [-0.15, -0.1) is 5.10 Å². The van der Waals surface area contributed by atoms with Crippen LogP contribution in [0.2, 0.25) is 0 Å². The van der Waals surface area contributed by atoms with Crippen LogP contribution in [0.1, 0.15) is 25.1 Å². The Kier molecular flexibility index (Phi) is 3.05. The van der Waals surface area contributed by atoms with Crippen molar-refractivity contribution in [2.75, 3.05) is 0 Å². The summed E-state index contributed by atoms with van der Waals surface area (Å²) in [7, 11) is 0. The van der Waals surface area contributed by atoms with Crippen molar-refractivity contribution >= 4 is 5.97 Å². The van der Waals surface area contributed by atoms with Crippen LogP contribution >= 0.6 is 0 Å². The van der Waals surface area contributed by atoms with Gasteiger partial charge in [0.25, 0.3) is 0 Å². The van der Waals surface area contributed by atoms with Gasteiger partial charge in [0.2, 0.25) is 5.82 Å². The van der Waals surface area contributed by atoms with E-state index in [-0.39, 0.29) is 0 Å². The summed E-state index contributed by atoms with van der Waals surface area (Å²) in [5.41, 5.74) is 1.18. The highest BCUT2D eigenvalue weighted by molar-refractivity contribution is 5.76. The SMILES string of the molecule is Cc1cc(C)nc(-c2nnnn2C(C)(C)C(=O)O)c1. The first-order valence-electron chi connectivity index (χ1n) is 5.80. The number of aliphatic carboxylic acids is 1. The quantitative estimate of drug-likeness (QED) is 0.891. The minimum atomic E-state index is -1.24. The van der Waals surface area contributed by atoms with Gasteiger partial charge in [0.15, 0.2) is 5.54 Å². The molecule has 0 saturated carbocycles. The number of aromatic nitrogens is 5. The maximum absolute atomic E-state index is 11.3. The van der Waals surface area contributed by atoms with Crippen molar-refractivity contribution in [1.82, 2.24) is 25.2 Å². The van der Waals surface area contributed by atoms with Gasteiger partial charge in [0.05, 0.1) is 0 Å². The van der Waals surface area contributed by atoms with E-state index in [0.29, 0.717) is 11.5 Å². The van der Waals surface area contributed by atoms with Crippen LogP contribution in [0.3, 0.4) is 0 Å². The second-order valence-corrected chi connectivity index (χ2v) is 4.95. The van der Waals surface area contributed by atoms with Crippen LogP contribution in [0.25, 0.3) is 11.5 Å². The number of carboxylic acids is 1. The van der Waals surface area contributed by atoms with E-state index < -0.39 is 11.5 Å². The van der Waals surface area contributed by atoms with Gasteiger partial charge in [-0.05, 0) is 55.8 Å². The van der Waals surface area contributed by atoms with Gasteiger partial charge in [-0.1, -0.05) is 0 Å². The summed E-state index contributed by atoms with van der Waals surface area (Å²) in [5.74, 6) is -0.662. The molecule has 0 aliphatic rings. The van der Waals surface area contributed by atoms with Gasteiger partial charge in [0, 0.05) is 5.69 Å². The molecule has 7 heteroatoms. The predicted octanol–water partition coefficient (Wildman–Crippen LogP) is 1.17. The first kappa shape index (κ1) is 13.1. The molecule has 7 nitrogen and oxygen atoms in total. The second kappa shape index (κ2) is 4.42. The molecule has 19 heavy (non-hydrogen) atoms. The number of nitrogens with zero attached hydrogens (tertiary/aromatic N) is 5. The highest BCUT2D eigenvalue weighted by Crippen LogP contribution is 2.22. The average Bonchev–Trinajstić information content (AvgIpc) is 2.76. The van der Waals surface area contributed by atoms with E-state index in [1.54, 1.807) is 0 Å². The van der Waals surface area contributed by atoms with Gasteiger partial charge in [-0.25, -0.2) is 14.5 Å². The van der Waals surface area contributed by atoms with E-state index >= 15 is 0 Å². The molecule has 0 aliphatic heterocycles. The summed E-state index contributed by atoms with van der Waals surface area (Å²) in [5, 5.41) is 20.5. The molecule has 0 unspecified atom stereocenters. The van der Waals surface area contributed by atoms with Crippen molar-refractivity contribution in [1.29, 1.82) is 0 Å². The average molecular weight is 261 g/mol. The lowest BCUT2D eigenvalue weighted by molar-refractivity contribution is -0.146.